The molecule has 134 valence electrons. The molecule has 26 heavy (non-hydrogen) atoms. The second-order valence-electron chi connectivity index (χ2n) is 6.49. The quantitative estimate of drug-likeness (QED) is 0.766. The predicted octanol–water partition coefficient (Wildman–Crippen LogP) is 2.80. The second kappa shape index (κ2) is 6.71. The number of para-hydroxylation sites is 2. The molecule has 2 aromatic carbocycles. The van der Waals surface area contributed by atoms with Gasteiger partial charge in [0.1, 0.15) is 5.75 Å². The molecular formula is C20H20N2O4. The number of nitrogens with one attached hydrogen (secondary N) is 1. The van der Waals surface area contributed by atoms with E-state index in [1.54, 1.807) is 6.07 Å². The van der Waals surface area contributed by atoms with Gasteiger partial charge in [-0.2, -0.15) is 0 Å². The number of oxazole rings is 1. The molecule has 0 spiro atoms. The van der Waals surface area contributed by atoms with Crippen molar-refractivity contribution in [3.05, 3.63) is 64.1 Å². The Labute approximate surface area is 150 Å². The largest absolute Gasteiger partial charge is 0.493 e. The monoisotopic (exact) mass is 352 g/mol. The molecule has 1 aliphatic rings. The lowest BCUT2D eigenvalue weighted by molar-refractivity contribution is -0.121. The van der Waals surface area contributed by atoms with E-state index in [1.807, 2.05) is 37.3 Å². The van der Waals surface area contributed by atoms with Gasteiger partial charge in [-0.15, -0.1) is 0 Å². The number of fused-ring (bicyclic) bond motifs is 2. The molecule has 3 aromatic rings. The van der Waals surface area contributed by atoms with Gasteiger partial charge in [-0.3, -0.25) is 9.36 Å². The molecular weight excluding hydrogens is 332 g/mol. The van der Waals surface area contributed by atoms with Crippen LogP contribution in [0.4, 0.5) is 0 Å². The molecule has 4 rings (SSSR count). The van der Waals surface area contributed by atoms with Crippen molar-refractivity contribution in [3.63, 3.8) is 0 Å². The lowest BCUT2D eigenvalue weighted by Crippen LogP contribution is -2.28. The Bertz CT molecular complexity index is 1020. The minimum Gasteiger partial charge on any atom is -0.493 e. The summed E-state index contributed by atoms with van der Waals surface area (Å²) in [6.07, 6.45) is 1.11. The van der Waals surface area contributed by atoms with E-state index >= 15 is 0 Å². The zero-order chi connectivity index (χ0) is 18.1. The van der Waals surface area contributed by atoms with Gasteiger partial charge in [0.25, 0.3) is 0 Å². The van der Waals surface area contributed by atoms with Gasteiger partial charge < -0.3 is 14.5 Å². The van der Waals surface area contributed by atoms with Gasteiger partial charge in [0.2, 0.25) is 5.91 Å². The summed E-state index contributed by atoms with van der Waals surface area (Å²) in [5, 5.41) is 2.99. The van der Waals surface area contributed by atoms with E-state index in [0.717, 1.165) is 17.7 Å². The van der Waals surface area contributed by atoms with Crippen LogP contribution in [0.1, 0.15) is 30.5 Å². The van der Waals surface area contributed by atoms with Crippen molar-refractivity contribution in [1.82, 2.24) is 9.88 Å². The summed E-state index contributed by atoms with van der Waals surface area (Å²) in [6, 6.07) is 13.1. The molecule has 1 amide bonds. The number of aryl methyl sites for hydroxylation is 1. The SMILES string of the molecule is CC(NC(=O)CCn1c(=O)oc2ccccc21)c1ccc2c(c1)CCO2. The van der Waals surface area contributed by atoms with Gasteiger partial charge in [-0.1, -0.05) is 18.2 Å². The van der Waals surface area contributed by atoms with E-state index in [-0.39, 0.29) is 24.9 Å². The van der Waals surface area contributed by atoms with Crippen LogP contribution in [0.2, 0.25) is 0 Å². The molecule has 1 unspecified atom stereocenters. The zero-order valence-electron chi connectivity index (χ0n) is 14.5. The highest BCUT2D eigenvalue weighted by molar-refractivity contribution is 5.77. The van der Waals surface area contributed by atoms with E-state index in [9.17, 15) is 9.59 Å². The Morgan fingerprint density at radius 3 is 3.00 bits per heavy atom. The van der Waals surface area contributed by atoms with E-state index < -0.39 is 5.76 Å². The number of amides is 1. The highest BCUT2D eigenvalue weighted by Gasteiger charge is 2.16. The van der Waals surface area contributed by atoms with Crippen LogP contribution in [-0.4, -0.2) is 17.1 Å². The van der Waals surface area contributed by atoms with Gasteiger partial charge in [-0.25, -0.2) is 4.79 Å². The lowest BCUT2D eigenvalue weighted by atomic mass is 10.0. The van der Waals surface area contributed by atoms with Crippen LogP contribution in [-0.2, 0) is 17.8 Å². The molecule has 1 aromatic heterocycles. The first-order chi connectivity index (χ1) is 12.6. The fourth-order valence-corrected chi connectivity index (χ4v) is 3.31. The maximum absolute atomic E-state index is 12.3. The summed E-state index contributed by atoms with van der Waals surface area (Å²) < 4.78 is 12.2. The van der Waals surface area contributed by atoms with Gasteiger partial charge in [-0.05, 0) is 42.3 Å². The molecule has 1 aliphatic heterocycles. The van der Waals surface area contributed by atoms with Crippen molar-refractivity contribution >= 4 is 17.0 Å². The fraction of sp³-hybridized carbons (Fsp3) is 0.300. The Hall–Kier alpha value is -3.02. The molecule has 2 heterocycles. The van der Waals surface area contributed by atoms with Crippen LogP contribution in [0, 0.1) is 0 Å². The molecule has 0 saturated heterocycles. The molecule has 6 heteroatoms. The first kappa shape index (κ1) is 16.4. The van der Waals surface area contributed by atoms with Crippen LogP contribution < -0.4 is 15.8 Å². The smallest absolute Gasteiger partial charge is 0.419 e. The molecule has 0 saturated carbocycles. The molecule has 1 N–H and O–H groups in total. The summed E-state index contributed by atoms with van der Waals surface area (Å²) in [5.74, 6) is 0.385. The fourth-order valence-electron chi connectivity index (χ4n) is 3.31. The molecule has 1 atom stereocenters. The number of benzene rings is 2. The Balaban J connectivity index is 1.40. The normalized spacial score (nSPS) is 14.0. The number of carbonyl (C=O) groups is 1. The molecule has 0 bridgehead atoms. The van der Waals surface area contributed by atoms with Gasteiger partial charge in [0.05, 0.1) is 18.2 Å². The molecule has 0 radical (unpaired) electrons. The number of hydrogen-bond donors (Lipinski definition) is 1. The molecule has 6 nitrogen and oxygen atoms in total. The standard InChI is InChI=1S/C20H20N2O4/c1-13(14-6-7-17-15(12-14)9-11-25-17)21-19(23)8-10-22-16-4-2-3-5-18(16)26-20(22)24/h2-7,12-13H,8-11H2,1H3,(H,21,23). The Kier molecular flexibility index (Phi) is 4.24. The summed E-state index contributed by atoms with van der Waals surface area (Å²) in [6.45, 7) is 2.95. The summed E-state index contributed by atoms with van der Waals surface area (Å²) >= 11 is 0. The minimum absolute atomic E-state index is 0.105. The van der Waals surface area contributed by atoms with Crippen LogP contribution in [0.25, 0.3) is 11.1 Å². The average Bonchev–Trinajstić information content (AvgIpc) is 3.22. The van der Waals surface area contributed by atoms with Crippen molar-refractivity contribution in [2.45, 2.75) is 32.4 Å². The first-order valence-corrected chi connectivity index (χ1v) is 8.75. The van der Waals surface area contributed by atoms with Crippen molar-refractivity contribution in [1.29, 1.82) is 0 Å². The zero-order valence-corrected chi connectivity index (χ0v) is 14.5. The van der Waals surface area contributed by atoms with E-state index in [0.29, 0.717) is 17.7 Å². The van der Waals surface area contributed by atoms with Crippen molar-refractivity contribution in [3.8, 4) is 5.75 Å². The number of hydrogen-bond acceptors (Lipinski definition) is 4. The number of ether oxygens (including phenoxy) is 1. The highest BCUT2D eigenvalue weighted by Crippen LogP contribution is 2.28. The van der Waals surface area contributed by atoms with Crippen LogP contribution in [0.5, 0.6) is 5.75 Å². The van der Waals surface area contributed by atoms with Crippen molar-refractivity contribution < 1.29 is 13.9 Å². The number of rotatable bonds is 5. The predicted molar refractivity (Wildman–Crippen MR) is 97.3 cm³/mol. The number of aromatic nitrogens is 1. The molecule has 0 fully saturated rings. The maximum Gasteiger partial charge on any atom is 0.419 e. The number of nitrogens with zero attached hydrogens (tertiary/aromatic N) is 1. The van der Waals surface area contributed by atoms with Crippen LogP contribution in [0.15, 0.2) is 51.7 Å². The van der Waals surface area contributed by atoms with Crippen LogP contribution in [0.3, 0.4) is 0 Å². The highest BCUT2D eigenvalue weighted by atomic mass is 16.5. The van der Waals surface area contributed by atoms with Crippen molar-refractivity contribution in [2.75, 3.05) is 6.61 Å². The third-order valence-electron chi connectivity index (χ3n) is 4.73. The van der Waals surface area contributed by atoms with Gasteiger partial charge in [0.15, 0.2) is 5.58 Å². The summed E-state index contributed by atoms with van der Waals surface area (Å²) in [5.41, 5.74) is 3.47. The van der Waals surface area contributed by atoms with E-state index in [4.69, 9.17) is 9.15 Å². The average molecular weight is 352 g/mol. The molecule has 0 aliphatic carbocycles. The summed E-state index contributed by atoms with van der Waals surface area (Å²) in [4.78, 5) is 24.3. The van der Waals surface area contributed by atoms with Crippen LogP contribution >= 0.6 is 0 Å². The Morgan fingerprint density at radius 2 is 2.12 bits per heavy atom. The van der Waals surface area contributed by atoms with Crippen molar-refractivity contribution in [2.24, 2.45) is 0 Å². The lowest BCUT2D eigenvalue weighted by Gasteiger charge is -2.15. The Morgan fingerprint density at radius 1 is 1.27 bits per heavy atom. The maximum atomic E-state index is 12.3. The van der Waals surface area contributed by atoms with Gasteiger partial charge in [0, 0.05) is 19.4 Å². The third-order valence-corrected chi connectivity index (χ3v) is 4.73. The van der Waals surface area contributed by atoms with E-state index in [1.165, 1.54) is 10.1 Å². The van der Waals surface area contributed by atoms with Gasteiger partial charge >= 0.3 is 5.76 Å². The minimum atomic E-state index is -0.439. The summed E-state index contributed by atoms with van der Waals surface area (Å²) in [7, 11) is 0. The number of carbonyl (C=O) groups excluding carboxylic acids is 1. The topological polar surface area (TPSA) is 73.5 Å². The van der Waals surface area contributed by atoms with E-state index in [2.05, 4.69) is 11.4 Å². The third kappa shape index (κ3) is 3.10. The second-order valence-corrected chi connectivity index (χ2v) is 6.49. The first-order valence-electron chi connectivity index (χ1n) is 8.75.